The van der Waals surface area contributed by atoms with Gasteiger partial charge in [0.15, 0.2) is 11.6 Å². The molecule has 0 radical (unpaired) electrons. The Labute approximate surface area is 128 Å². The summed E-state index contributed by atoms with van der Waals surface area (Å²) in [5.41, 5.74) is 1.57. The molecule has 0 atom stereocenters. The molecule has 0 saturated carbocycles. The lowest BCUT2D eigenvalue weighted by Crippen LogP contribution is -2.12. The molecule has 0 fully saturated rings. The lowest BCUT2D eigenvalue weighted by Gasteiger charge is -2.07. The lowest BCUT2D eigenvalue weighted by molar-refractivity contribution is -0.137. The number of rotatable bonds is 8. The van der Waals surface area contributed by atoms with Crippen LogP contribution in [0.5, 0.6) is 0 Å². The summed E-state index contributed by atoms with van der Waals surface area (Å²) in [6.07, 6.45) is 5.35. The topological polar surface area (TPSA) is 103 Å². The molecule has 0 aromatic carbocycles. The molecule has 0 aliphatic heterocycles. The van der Waals surface area contributed by atoms with Crippen molar-refractivity contribution in [2.75, 3.05) is 13.7 Å². The van der Waals surface area contributed by atoms with Crippen LogP contribution in [0.3, 0.4) is 0 Å². The minimum Gasteiger partial charge on any atom is -0.480 e. The largest absolute Gasteiger partial charge is 0.480 e. The second kappa shape index (κ2) is 7.60. The van der Waals surface area contributed by atoms with Crippen molar-refractivity contribution in [3.05, 3.63) is 24.0 Å². The molecule has 0 unspecified atom stereocenters. The van der Waals surface area contributed by atoms with E-state index in [9.17, 15) is 4.79 Å². The van der Waals surface area contributed by atoms with Crippen LogP contribution in [0, 0.1) is 0 Å². The van der Waals surface area contributed by atoms with Crippen LogP contribution < -0.4 is 0 Å². The molecule has 22 heavy (non-hydrogen) atoms. The Balaban J connectivity index is 2.43. The van der Waals surface area contributed by atoms with Crippen molar-refractivity contribution in [3.8, 4) is 11.4 Å². The first-order valence-corrected chi connectivity index (χ1v) is 7.09. The van der Waals surface area contributed by atoms with Gasteiger partial charge in [-0.05, 0) is 6.42 Å². The number of carbonyl (C=O) groups is 1. The van der Waals surface area contributed by atoms with Gasteiger partial charge in [-0.1, -0.05) is 13.3 Å². The average Bonchev–Trinajstić information content (AvgIpc) is 2.88. The fourth-order valence-corrected chi connectivity index (χ4v) is 2.10. The van der Waals surface area contributed by atoms with Gasteiger partial charge in [-0.25, -0.2) is 19.6 Å². The van der Waals surface area contributed by atoms with Crippen LogP contribution >= 0.6 is 0 Å². The molecule has 0 bridgehead atoms. The highest BCUT2D eigenvalue weighted by molar-refractivity contribution is 5.68. The lowest BCUT2D eigenvalue weighted by atomic mass is 10.1. The predicted molar refractivity (Wildman–Crippen MR) is 78.3 cm³/mol. The zero-order valence-electron chi connectivity index (χ0n) is 12.7. The van der Waals surface area contributed by atoms with Crippen LogP contribution in [0.4, 0.5) is 0 Å². The predicted octanol–water partition coefficient (Wildman–Crippen LogP) is 0.961. The summed E-state index contributed by atoms with van der Waals surface area (Å²) >= 11 is 0. The number of methoxy groups -OCH3 is 1. The second-order valence-electron chi connectivity index (χ2n) is 4.78. The summed E-state index contributed by atoms with van der Waals surface area (Å²) in [7, 11) is 1.60. The van der Waals surface area contributed by atoms with Gasteiger partial charge >= 0.3 is 5.97 Å². The van der Waals surface area contributed by atoms with Crippen molar-refractivity contribution >= 4 is 5.97 Å². The van der Waals surface area contributed by atoms with Gasteiger partial charge in [0.05, 0.1) is 17.9 Å². The van der Waals surface area contributed by atoms with Crippen LogP contribution in [0.25, 0.3) is 11.4 Å². The summed E-state index contributed by atoms with van der Waals surface area (Å²) in [5.74, 6) is 0.0558. The van der Waals surface area contributed by atoms with Crippen molar-refractivity contribution in [3.63, 3.8) is 0 Å². The number of aliphatic carboxylic acids is 1. The Kier molecular flexibility index (Phi) is 5.54. The van der Waals surface area contributed by atoms with Gasteiger partial charge in [-0.2, -0.15) is 5.10 Å². The highest BCUT2D eigenvalue weighted by Crippen LogP contribution is 2.21. The van der Waals surface area contributed by atoms with E-state index in [0.29, 0.717) is 24.7 Å². The van der Waals surface area contributed by atoms with Crippen molar-refractivity contribution in [1.82, 2.24) is 24.7 Å². The monoisotopic (exact) mass is 305 g/mol. The summed E-state index contributed by atoms with van der Waals surface area (Å²) in [4.78, 5) is 23.8. The molecular formula is C14H19N5O3. The molecule has 0 aliphatic carbocycles. The van der Waals surface area contributed by atoms with E-state index in [0.717, 1.165) is 24.1 Å². The van der Waals surface area contributed by atoms with Crippen molar-refractivity contribution in [2.24, 2.45) is 0 Å². The Morgan fingerprint density at radius 2 is 2.23 bits per heavy atom. The van der Waals surface area contributed by atoms with E-state index in [1.807, 2.05) is 0 Å². The van der Waals surface area contributed by atoms with Gasteiger partial charge in [-0.3, -0.25) is 4.79 Å². The molecule has 1 N–H and O–H groups in total. The Morgan fingerprint density at radius 1 is 1.41 bits per heavy atom. The molecule has 0 saturated heterocycles. The molecule has 2 aromatic heterocycles. The highest BCUT2D eigenvalue weighted by atomic mass is 16.5. The molecule has 2 rings (SSSR count). The average molecular weight is 305 g/mol. The summed E-state index contributed by atoms with van der Waals surface area (Å²) in [6.45, 7) is 2.28. The van der Waals surface area contributed by atoms with Gasteiger partial charge in [0.1, 0.15) is 12.9 Å². The Hall–Kier alpha value is -2.35. The summed E-state index contributed by atoms with van der Waals surface area (Å²) < 4.78 is 6.39. The van der Waals surface area contributed by atoms with E-state index >= 15 is 0 Å². The van der Waals surface area contributed by atoms with Crippen LogP contribution in [0.1, 0.15) is 24.9 Å². The third-order valence-corrected chi connectivity index (χ3v) is 3.05. The van der Waals surface area contributed by atoms with Crippen molar-refractivity contribution in [2.45, 2.75) is 32.7 Å². The van der Waals surface area contributed by atoms with Crippen LogP contribution in [0.2, 0.25) is 0 Å². The zero-order valence-corrected chi connectivity index (χ0v) is 12.7. The summed E-state index contributed by atoms with van der Waals surface area (Å²) in [6, 6.07) is 0. The SMILES string of the molecule is CCCc1ncncc1-c1nc(CCOC)nn1CC(=O)O. The van der Waals surface area contributed by atoms with E-state index in [1.54, 1.807) is 13.3 Å². The molecule has 0 aliphatic rings. The molecule has 118 valence electrons. The zero-order chi connectivity index (χ0) is 15.9. The number of carboxylic acid groups (broad SMARTS) is 1. The molecule has 2 heterocycles. The number of hydrogen-bond donors (Lipinski definition) is 1. The first kappa shape index (κ1) is 16.0. The van der Waals surface area contributed by atoms with E-state index in [-0.39, 0.29) is 6.54 Å². The molecular weight excluding hydrogens is 286 g/mol. The van der Waals surface area contributed by atoms with Crippen LogP contribution in [0.15, 0.2) is 12.5 Å². The maximum absolute atomic E-state index is 11.0. The number of nitrogens with zero attached hydrogens (tertiary/aromatic N) is 5. The van der Waals surface area contributed by atoms with Gasteiger partial charge < -0.3 is 9.84 Å². The molecule has 8 nitrogen and oxygen atoms in total. The quantitative estimate of drug-likeness (QED) is 0.774. The Morgan fingerprint density at radius 3 is 2.91 bits per heavy atom. The number of carboxylic acids is 1. The van der Waals surface area contributed by atoms with Gasteiger partial charge in [0, 0.05) is 19.7 Å². The maximum atomic E-state index is 11.0. The Bertz CT molecular complexity index is 641. The van der Waals surface area contributed by atoms with E-state index in [1.165, 1.54) is 11.0 Å². The normalized spacial score (nSPS) is 10.8. The molecule has 2 aromatic rings. The van der Waals surface area contributed by atoms with Crippen molar-refractivity contribution < 1.29 is 14.6 Å². The van der Waals surface area contributed by atoms with Gasteiger partial charge in [0.2, 0.25) is 0 Å². The standard InChI is InChI=1S/C14H19N5O3/c1-3-4-11-10(7-15-9-16-11)14-17-12(5-6-22-2)18-19(14)8-13(20)21/h7,9H,3-6,8H2,1-2H3,(H,20,21). The molecule has 0 spiro atoms. The maximum Gasteiger partial charge on any atom is 0.325 e. The minimum atomic E-state index is -0.974. The number of hydrogen-bond acceptors (Lipinski definition) is 6. The van der Waals surface area contributed by atoms with Crippen molar-refractivity contribution in [1.29, 1.82) is 0 Å². The fraction of sp³-hybridized carbons (Fsp3) is 0.500. The minimum absolute atomic E-state index is 0.254. The highest BCUT2D eigenvalue weighted by Gasteiger charge is 2.17. The fourth-order valence-electron chi connectivity index (χ4n) is 2.10. The second-order valence-corrected chi connectivity index (χ2v) is 4.78. The third kappa shape index (κ3) is 3.85. The van der Waals surface area contributed by atoms with Gasteiger partial charge in [-0.15, -0.1) is 0 Å². The molecule has 0 amide bonds. The number of aromatic nitrogens is 5. The smallest absolute Gasteiger partial charge is 0.325 e. The number of aryl methyl sites for hydroxylation is 1. The third-order valence-electron chi connectivity index (χ3n) is 3.05. The summed E-state index contributed by atoms with van der Waals surface area (Å²) in [5, 5.41) is 13.3. The van der Waals surface area contributed by atoms with E-state index < -0.39 is 5.97 Å². The van der Waals surface area contributed by atoms with Gasteiger partial charge in [0.25, 0.3) is 0 Å². The van der Waals surface area contributed by atoms with Crippen LogP contribution in [-0.4, -0.2) is 49.5 Å². The number of ether oxygens (including phenoxy) is 1. The first-order valence-electron chi connectivity index (χ1n) is 7.09. The first-order chi connectivity index (χ1) is 10.7. The van der Waals surface area contributed by atoms with E-state index in [2.05, 4.69) is 27.0 Å². The van der Waals surface area contributed by atoms with E-state index in [4.69, 9.17) is 9.84 Å². The molecule has 8 heteroatoms. The van der Waals surface area contributed by atoms with Crippen LogP contribution in [-0.2, 0) is 28.9 Å².